The molecule has 13 heavy (non-hydrogen) atoms. The van der Waals surface area contributed by atoms with Crippen molar-refractivity contribution >= 4 is 0 Å². The van der Waals surface area contributed by atoms with Crippen LogP contribution in [0.4, 0.5) is 0 Å². The van der Waals surface area contributed by atoms with Gasteiger partial charge in [0, 0.05) is 0 Å². The van der Waals surface area contributed by atoms with Crippen LogP contribution in [0, 0.1) is 11.8 Å². The number of hydrogen-bond donors (Lipinski definition) is 0. The highest BCUT2D eigenvalue weighted by Gasteiger charge is 2.14. The van der Waals surface area contributed by atoms with Gasteiger partial charge in [-0.3, -0.25) is 0 Å². The topological polar surface area (TPSA) is 0 Å². The molecule has 0 radical (unpaired) electrons. The lowest BCUT2D eigenvalue weighted by Crippen LogP contribution is -1.93. The van der Waals surface area contributed by atoms with Crippen molar-refractivity contribution in [3.05, 3.63) is 35.5 Å². The minimum absolute atomic E-state index is 0.672. The zero-order valence-electron chi connectivity index (χ0n) is 9.17. The maximum atomic E-state index is 2.36. The van der Waals surface area contributed by atoms with Gasteiger partial charge in [-0.2, -0.15) is 0 Å². The molecular weight excluding hydrogens is 156 g/mol. The molecule has 0 aliphatic heterocycles. The largest absolute Gasteiger partial charge is 0.0810 e. The van der Waals surface area contributed by atoms with Gasteiger partial charge in [-0.1, -0.05) is 35.5 Å². The van der Waals surface area contributed by atoms with E-state index < -0.39 is 0 Å². The van der Waals surface area contributed by atoms with E-state index in [2.05, 4.69) is 52.0 Å². The molecule has 0 aromatic rings. The average Bonchev–Trinajstić information content (AvgIpc) is 2.33. The van der Waals surface area contributed by atoms with E-state index in [4.69, 9.17) is 0 Å². The van der Waals surface area contributed by atoms with Gasteiger partial charge in [-0.25, -0.2) is 0 Å². The van der Waals surface area contributed by atoms with Gasteiger partial charge < -0.3 is 0 Å². The van der Waals surface area contributed by atoms with E-state index in [0.717, 1.165) is 0 Å². The number of hydrogen-bond acceptors (Lipinski definition) is 0. The van der Waals surface area contributed by atoms with Gasteiger partial charge in [0.1, 0.15) is 0 Å². The Morgan fingerprint density at radius 3 is 1.62 bits per heavy atom. The van der Waals surface area contributed by atoms with Crippen LogP contribution in [-0.4, -0.2) is 0 Å². The Bertz CT molecular complexity index is 219. The summed E-state index contributed by atoms with van der Waals surface area (Å²) >= 11 is 0. The standard InChI is InChI=1S/C13H20/c1-10(2)7-12-5-6-13(9-12)8-11(3)4/h5-8,12-13H,9H2,1-4H3. The predicted molar refractivity (Wildman–Crippen MR) is 59.6 cm³/mol. The van der Waals surface area contributed by atoms with Gasteiger partial charge in [-0.15, -0.1) is 0 Å². The fraction of sp³-hybridized carbons (Fsp3) is 0.538. The second-order valence-electron chi connectivity index (χ2n) is 4.44. The smallest absolute Gasteiger partial charge is 0.00422 e. The Hall–Kier alpha value is -0.780. The van der Waals surface area contributed by atoms with E-state index in [1.807, 2.05) is 0 Å². The van der Waals surface area contributed by atoms with Crippen LogP contribution >= 0.6 is 0 Å². The molecule has 0 bridgehead atoms. The Morgan fingerprint density at radius 1 is 0.923 bits per heavy atom. The Kier molecular flexibility index (Phi) is 3.53. The van der Waals surface area contributed by atoms with Crippen molar-refractivity contribution in [2.75, 3.05) is 0 Å². The van der Waals surface area contributed by atoms with E-state index in [0.29, 0.717) is 11.8 Å². The Labute approximate surface area is 82.0 Å². The first-order chi connectivity index (χ1) is 6.08. The summed E-state index contributed by atoms with van der Waals surface area (Å²) < 4.78 is 0. The molecule has 72 valence electrons. The molecule has 0 fully saturated rings. The lowest BCUT2D eigenvalue weighted by Gasteiger charge is -2.05. The lowest BCUT2D eigenvalue weighted by molar-refractivity contribution is 0.671. The minimum atomic E-state index is 0.672. The molecule has 1 rings (SSSR count). The fourth-order valence-corrected chi connectivity index (χ4v) is 1.86. The average molecular weight is 176 g/mol. The first kappa shape index (κ1) is 10.3. The van der Waals surface area contributed by atoms with Gasteiger partial charge in [0.15, 0.2) is 0 Å². The van der Waals surface area contributed by atoms with Crippen molar-refractivity contribution in [3.8, 4) is 0 Å². The van der Waals surface area contributed by atoms with Crippen LogP contribution in [-0.2, 0) is 0 Å². The van der Waals surface area contributed by atoms with Crippen LogP contribution in [0.3, 0.4) is 0 Å². The molecule has 2 unspecified atom stereocenters. The summed E-state index contributed by atoms with van der Waals surface area (Å²) in [7, 11) is 0. The normalized spacial score (nSPS) is 25.8. The highest BCUT2D eigenvalue weighted by atomic mass is 14.2. The van der Waals surface area contributed by atoms with Crippen LogP contribution in [0.5, 0.6) is 0 Å². The molecule has 2 atom stereocenters. The molecule has 0 N–H and O–H groups in total. The third-order valence-electron chi connectivity index (χ3n) is 2.24. The summed E-state index contributed by atoms with van der Waals surface area (Å²) in [5.41, 5.74) is 2.85. The van der Waals surface area contributed by atoms with Crippen molar-refractivity contribution in [2.45, 2.75) is 34.1 Å². The first-order valence-corrected chi connectivity index (χ1v) is 5.06. The monoisotopic (exact) mass is 176 g/mol. The molecule has 0 saturated carbocycles. The summed E-state index contributed by atoms with van der Waals surface area (Å²) in [6, 6.07) is 0. The van der Waals surface area contributed by atoms with Crippen molar-refractivity contribution in [3.63, 3.8) is 0 Å². The SMILES string of the molecule is CC(C)=CC1C=CC(C=C(C)C)C1. The van der Waals surface area contributed by atoms with Gasteiger partial charge in [0.05, 0.1) is 0 Å². The Balaban J connectivity index is 2.52. The number of allylic oxidation sites excluding steroid dienone is 6. The summed E-state index contributed by atoms with van der Waals surface area (Å²) in [6.07, 6.45) is 10.6. The third kappa shape index (κ3) is 3.63. The van der Waals surface area contributed by atoms with E-state index in [-0.39, 0.29) is 0 Å². The molecule has 0 nitrogen and oxygen atoms in total. The lowest BCUT2D eigenvalue weighted by atomic mass is 10.00. The molecule has 0 heterocycles. The van der Waals surface area contributed by atoms with Crippen molar-refractivity contribution in [1.29, 1.82) is 0 Å². The molecule has 0 aromatic heterocycles. The summed E-state index contributed by atoms with van der Waals surface area (Å²) in [6.45, 7) is 8.67. The third-order valence-corrected chi connectivity index (χ3v) is 2.24. The van der Waals surface area contributed by atoms with E-state index in [1.165, 1.54) is 17.6 Å². The van der Waals surface area contributed by atoms with Gasteiger partial charge >= 0.3 is 0 Å². The molecular formula is C13H20. The molecule has 0 spiro atoms. The molecule has 0 aromatic carbocycles. The van der Waals surface area contributed by atoms with Crippen molar-refractivity contribution < 1.29 is 0 Å². The number of rotatable bonds is 2. The minimum Gasteiger partial charge on any atom is -0.0810 e. The first-order valence-electron chi connectivity index (χ1n) is 5.06. The summed E-state index contributed by atoms with van der Waals surface area (Å²) in [5, 5.41) is 0. The van der Waals surface area contributed by atoms with Gasteiger partial charge in [0.2, 0.25) is 0 Å². The second-order valence-corrected chi connectivity index (χ2v) is 4.44. The predicted octanol–water partition coefficient (Wildman–Crippen LogP) is 4.11. The highest BCUT2D eigenvalue weighted by molar-refractivity contribution is 5.17. The van der Waals surface area contributed by atoms with Crippen LogP contribution < -0.4 is 0 Å². The molecule has 1 aliphatic carbocycles. The van der Waals surface area contributed by atoms with E-state index >= 15 is 0 Å². The molecule has 0 amide bonds. The van der Waals surface area contributed by atoms with Crippen LogP contribution in [0.15, 0.2) is 35.5 Å². The maximum absolute atomic E-state index is 2.36. The maximum Gasteiger partial charge on any atom is -0.00422 e. The zero-order valence-corrected chi connectivity index (χ0v) is 9.17. The van der Waals surface area contributed by atoms with E-state index in [1.54, 1.807) is 0 Å². The highest BCUT2D eigenvalue weighted by Crippen LogP contribution is 2.27. The van der Waals surface area contributed by atoms with Gasteiger partial charge in [-0.05, 0) is 46.0 Å². The molecule has 0 saturated heterocycles. The zero-order chi connectivity index (χ0) is 9.84. The Morgan fingerprint density at radius 2 is 1.31 bits per heavy atom. The van der Waals surface area contributed by atoms with Crippen LogP contribution in [0.1, 0.15) is 34.1 Å². The van der Waals surface area contributed by atoms with Crippen molar-refractivity contribution in [2.24, 2.45) is 11.8 Å². The summed E-state index contributed by atoms with van der Waals surface area (Å²) in [5.74, 6) is 1.34. The summed E-state index contributed by atoms with van der Waals surface area (Å²) in [4.78, 5) is 0. The molecule has 0 heteroatoms. The van der Waals surface area contributed by atoms with Gasteiger partial charge in [0.25, 0.3) is 0 Å². The fourth-order valence-electron chi connectivity index (χ4n) is 1.86. The second kappa shape index (κ2) is 4.45. The molecule has 1 aliphatic rings. The van der Waals surface area contributed by atoms with E-state index in [9.17, 15) is 0 Å². The quantitative estimate of drug-likeness (QED) is 0.555. The van der Waals surface area contributed by atoms with Crippen LogP contribution in [0.2, 0.25) is 0 Å². The van der Waals surface area contributed by atoms with Crippen molar-refractivity contribution in [1.82, 2.24) is 0 Å². The van der Waals surface area contributed by atoms with Crippen LogP contribution in [0.25, 0.3) is 0 Å².